The molecule has 7 nitrogen and oxygen atoms in total. The fourth-order valence-corrected chi connectivity index (χ4v) is 3.75. The normalized spacial score (nSPS) is 16.8. The molecular weight excluding hydrogens is 411 g/mol. The zero-order valence-electron chi connectivity index (χ0n) is 17.7. The van der Waals surface area contributed by atoms with Crippen LogP contribution in [0.5, 0.6) is 0 Å². The number of nitrogens with one attached hydrogen (secondary N) is 1. The van der Waals surface area contributed by atoms with Crippen molar-refractivity contribution in [1.82, 2.24) is 15.1 Å². The van der Waals surface area contributed by atoms with Gasteiger partial charge in [-0.1, -0.05) is 26.0 Å². The second-order valence-corrected chi connectivity index (χ2v) is 7.99. The van der Waals surface area contributed by atoms with Crippen molar-refractivity contribution in [2.24, 2.45) is 11.7 Å². The molecule has 0 aromatic heterocycles. The third-order valence-electron chi connectivity index (χ3n) is 5.20. The first-order chi connectivity index (χ1) is 14.6. The number of carbonyl (C=O) groups is 2. The molecule has 10 heteroatoms. The first-order valence-electron chi connectivity index (χ1n) is 10.1. The van der Waals surface area contributed by atoms with Crippen LogP contribution < -0.4 is 11.1 Å². The number of hydrogen-bond acceptors (Lipinski definition) is 5. The quantitative estimate of drug-likeness (QED) is 0.604. The second-order valence-electron chi connectivity index (χ2n) is 7.99. The topological polar surface area (TPSA) is 102 Å². The van der Waals surface area contributed by atoms with Gasteiger partial charge in [-0.25, -0.2) is 0 Å². The largest absolute Gasteiger partial charge is 0.408 e. The molecule has 1 unspecified atom stereocenters. The molecule has 31 heavy (non-hydrogen) atoms. The molecule has 0 bridgehead atoms. The molecule has 1 fully saturated rings. The minimum atomic E-state index is -4.76. The Morgan fingerprint density at radius 1 is 1.23 bits per heavy atom. The van der Waals surface area contributed by atoms with Gasteiger partial charge in [-0.2, -0.15) is 18.4 Å². The summed E-state index contributed by atoms with van der Waals surface area (Å²) in [5.41, 5.74) is 5.54. The lowest BCUT2D eigenvalue weighted by Gasteiger charge is -2.37. The predicted octanol–water partition coefficient (Wildman–Crippen LogP) is 2.06. The minimum Gasteiger partial charge on any atom is -0.368 e. The molecule has 2 rings (SSSR count). The number of halogens is 3. The van der Waals surface area contributed by atoms with E-state index in [1.54, 1.807) is 24.8 Å². The van der Waals surface area contributed by atoms with E-state index in [9.17, 15) is 22.8 Å². The van der Waals surface area contributed by atoms with E-state index in [0.717, 1.165) is 4.90 Å². The molecule has 2 amide bonds. The molecule has 0 spiro atoms. The van der Waals surface area contributed by atoms with Crippen LogP contribution in [0.4, 0.5) is 13.2 Å². The molecule has 1 aliphatic heterocycles. The zero-order chi connectivity index (χ0) is 23.2. The lowest BCUT2D eigenvalue weighted by Crippen LogP contribution is -2.51. The van der Waals surface area contributed by atoms with Crippen molar-refractivity contribution in [3.8, 4) is 6.07 Å². The van der Waals surface area contributed by atoms with Crippen LogP contribution in [0.3, 0.4) is 0 Å². The Morgan fingerprint density at radius 3 is 2.26 bits per heavy atom. The van der Waals surface area contributed by atoms with Gasteiger partial charge in [0.1, 0.15) is 6.04 Å². The Kier molecular flexibility index (Phi) is 8.42. The highest BCUT2D eigenvalue weighted by Crippen LogP contribution is 2.39. The highest BCUT2D eigenvalue weighted by atomic mass is 19.4. The molecule has 1 saturated heterocycles. The smallest absolute Gasteiger partial charge is 0.368 e. The first-order valence-corrected chi connectivity index (χ1v) is 10.1. The molecule has 1 aromatic carbocycles. The van der Waals surface area contributed by atoms with Crippen LogP contribution >= 0.6 is 0 Å². The summed E-state index contributed by atoms with van der Waals surface area (Å²) >= 11 is 0. The monoisotopic (exact) mass is 439 g/mol. The van der Waals surface area contributed by atoms with Crippen molar-refractivity contribution in [2.75, 3.05) is 32.7 Å². The average Bonchev–Trinajstić information content (AvgIpc) is 2.71. The van der Waals surface area contributed by atoms with Gasteiger partial charge in [0.25, 0.3) is 5.91 Å². The predicted molar refractivity (Wildman–Crippen MR) is 109 cm³/mol. The highest BCUT2D eigenvalue weighted by Gasteiger charge is 2.48. The maximum atomic E-state index is 14.1. The molecule has 1 aromatic rings. The van der Waals surface area contributed by atoms with E-state index in [1.807, 2.05) is 0 Å². The Hall–Kier alpha value is -2.64. The van der Waals surface area contributed by atoms with Crippen LogP contribution in [0.2, 0.25) is 0 Å². The summed E-state index contributed by atoms with van der Waals surface area (Å²) in [6, 6.07) is 3.42. The Labute approximate surface area is 180 Å². The summed E-state index contributed by atoms with van der Waals surface area (Å²) in [5, 5.41) is 12.3. The fraction of sp³-hybridized carbons (Fsp3) is 0.571. The number of nitrogens with zero attached hydrogens (tertiary/aromatic N) is 3. The standard InChI is InChI=1S/C21H28F3N5O2/c1-14(2)13-17(19(26)30)29(10-7-25)18(21(22,23)24)15-3-5-16(6-4-15)20(31)28-11-8-27-9-12-28/h3-6,14,17-18,27H,8-13H2,1-2H3,(H2,26,30)/t17-,18?/m0/s1. The Morgan fingerprint density at radius 2 is 1.81 bits per heavy atom. The summed E-state index contributed by atoms with van der Waals surface area (Å²) in [5.74, 6) is -1.27. The number of nitrogens with two attached hydrogens (primary N) is 1. The van der Waals surface area contributed by atoms with E-state index < -0.39 is 30.7 Å². The first kappa shape index (κ1) is 24.6. The number of primary amides is 1. The van der Waals surface area contributed by atoms with Gasteiger partial charge in [0.05, 0.1) is 18.7 Å². The highest BCUT2D eigenvalue weighted by molar-refractivity contribution is 5.94. The van der Waals surface area contributed by atoms with Gasteiger partial charge in [-0.15, -0.1) is 0 Å². The molecule has 3 N–H and O–H groups in total. The summed E-state index contributed by atoms with van der Waals surface area (Å²) < 4.78 is 42.3. The van der Waals surface area contributed by atoms with E-state index in [0.29, 0.717) is 26.2 Å². The molecular formula is C21H28F3N5O2. The summed E-state index contributed by atoms with van der Waals surface area (Å²) in [4.78, 5) is 27.0. The van der Waals surface area contributed by atoms with Crippen molar-refractivity contribution in [3.63, 3.8) is 0 Å². The minimum absolute atomic E-state index is 0.0865. The maximum Gasteiger partial charge on any atom is 0.408 e. The van der Waals surface area contributed by atoms with Gasteiger partial charge >= 0.3 is 6.18 Å². The van der Waals surface area contributed by atoms with Gasteiger partial charge in [-0.05, 0) is 30.0 Å². The molecule has 1 heterocycles. The number of amides is 2. The average molecular weight is 439 g/mol. The number of carbonyl (C=O) groups excluding carboxylic acids is 2. The third-order valence-corrected chi connectivity index (χ3v) is 5.20. The van der Waals surface area contributed by atoms with Crippen LogP contribution in [0, 0.1) is 17.2 Å². The van der Waals surface area contributed by atoms with E-state index in [4.69, 9.17) is 11.0 Å². The van der Waals surface area contributed by atoms with Crippen molar-refractivity contribution in [1.29, 1.82) is 5.26 Å². The maximum absolute atomic E-state index is 14.1. The van der Waals surface area contributed by atoms with Gasteiger partial charge < -0.3 is 16.0 Å². The lowest BCUT2D eigenvalue weighted by atomic mass is 9.96. The summed E-state index contributed by atoms with van der Waals surface area (Å²) in [6.45, 7) is 5.28. The number of benzene rings is 1. The van der Waals surface area contributed by atoms with Crippen LogP contribution in [0.1, 0.15) is 42.2 Å². The number of hydrogen-bond donors (Lipinski definition) is 2. The molecule has 170 valence electrons. The van der Waals surface area contributed by atoms with Crippen molar-refractivity contribution < 1.29 is 22.8 Å². The van der Waals surface area contributed by atoms with E-state index in [-0.39, 0.29) is 29.4 Å². The van der Waals surface area contributed by atoms with Crippen LogP contribution in [0.25, 0.3) is 0 Å². The summed E-state index contributed by atoms with van der Waals surface area (Å²) in [7, 11) is 0. The van der Waals surface area contributed by atoms with Gasteiger partial charge in [-0.3, -0.25) is 14.5 Å². The van der Waals surface area contributed by atoms with Gasteiger partial charge in [0, 0.05) is 31.7 Å². The van der Waals surface area contributed by atoms with E-state index >= 15 is 0 Å². The van der Waals surface area contributed by atoms with Gasteiger partial charge in [0.15, 0.2) is 0 Å². The Balaban J connectivity index is 2.38. The molecule has 2 atom stereocenters. The lowest BCUT2D eigenvalue weighted by molar-refractivity contribution is -0.192. The van der Waals surface area contributed by atoms with Gasteiger partial charge in [0.2, 0.25) is 5.91 Å². The number of alkyl halides is 3. The number of piperazine rings is 1. The number of nitriles is 1. The third kappa shape index (κ3) is 6.42. The van der Waals surface area contributed by atoms with Crippen molar-refractivity contribution >= 4 is 11.8 Å². The molecule has 1 aliphatic rings. The van der Waals surface area contributed by atoms with Crippen LogP contribution in [-0.4, -0.2) is 66.6 Å². The SMILES string of the molecule is CC(C)C[C@@H](C(N)=O)N(CC#N)C(c1ccc(C(=O)N2CCNCC2)cc1)C(F)(F)F. The van der Waals surface area contributed by atoms with Crippen molar-refractivity contribution in [2.45, 2.75) is 38.5 Å². The van der Waals surface area contributed by atoms with E-state index in [1.165, 1.54) is 24.3 Å². The fourth-order valence-electron chi connectivity index (χ4n) is 3.75. The number of rotatable bonds is 8. The summed E-state index contributed by atoms with van der Waals surface area (Å²) in [6.07, 6.45) is -4.67. The molecule has 0 aliphatic carbocycles. The molecule has 0 saturated carbocycles. The van der Waals surface area contributed by atoms with Crippen molar-refractivity contribution in [3.05, 3.63) is 35.4 Å². The second kappa shape index (κ2) is 10.6. The van der Waals surface area contributed by atoms with E-state index in [2.05, 4.69) is 5.32 Å². The van der Waals surface area contributed by atoms with Crippen LogP contribution in [0.15, 0.2) is 24.3 Å². The van der Waals surface area contributed by atoms with Crippen LogP contribution in [-0.2, 0) is 4.79 Å². The molecule has 0 radical (unpaired) electrons. The zero-order valence-corrected chi connectivity index (χ0v) is 17.7. The Bertz CT molecular complexity index is 799.